The van der Waals surface area contributed by atoms with Crippen LogP contribution in [0.5, 0.6) is 0 Å². The minimum atomic E-state index is -4.08. The van der Waals surface area contributed by atoms with Gasteiger partial charge in [0.2, 0.25) is 11.8 Å². The van der Waals surface area contributed by atoms with E-state index in [4.69, 9.17) is 27.0 Å². The molecule has 0 saturated carbocycles. The first-order chi connectivity index (χ1) is 14.9. The highest BCUT2D eigenvalue weighted by molar-refractivity contribution is 8.03. The summed E-state index contributed by atoms with van der Waals surface area (Å²) in [5.41, 5.74) is 5.46. The monoisotopic (exact) mass is 523 g/mol. The highest BCUT2D eigenvalue weighted by Gasteiger charge is 2.54. The number of benzene rings is 1. The molecule has 1 saturated heterocycles. The summed E-state index contributed by atoms with van der Waals surface area (Å²) in [6, 6.07) is 3.30. The van der Waals surface area contributed by atoms with E-state index in [1.165, 1.54) is 24.3 Å². The summed E-state index contributed by atoms with van der Waals surface area (Å²) < 4.78 is 29.3. The Kier molecular flexibility index (Phi) is 9.76. The van der Waals surface area contributed by atoms with E-state index < -0.39 is 40.5 Å². The molecule has 1 aliphatic rings. The number of carbonyl (C=O) groups excluding carboxylic acids is 2. The summed E-state index contributed by atoms with van der Waals surface area (Å²) in [6.07, 6.45) is -0.473. The normalized spacial score (nSPS) is 18.5. The van der Waals surface area contributed by atoms with Crippen molar-refractivity contribution in [3.05, 3.63) is 29.3 Å². The lowest BCUT2D eigenvalue weighted by atomic mass is 9.89. The van der Waals surface area contributed by atoms with E-state index in [2.05, 4.69) is 38.3 Å². The Morgan fingerprint density at radius 2 is 1.61 bits per heavy atom. The number of carbonyl (C=O) groups is 3. The third-order valence-electron chi connectivity index (χ3n) is 4.80. The second-order valence-corrected chi connectivity index (χ2v) is 12.8. The van der Waals surface area contributed by atoms with Crippen molar-refractivity contribution < 1.29 is 32.5 Å². The van der Waals surface area contributed by atoms with Crippen LogP contribution < -0.4 is 16.4 Å². The summed E-state index contributed by atoms with van der Waals surface area (Å²) in [6.45, 7) is 9.77. The standard InChI is InChI=1S/C14H25N3O4S.C6H5ClO3S/c1-7(16-11(21)8(15)6-9(18)19)10(20)17-12-13(2,3)22-14(12,4)5;7-5-1-3-6(4-2-5)11(8,9)10/h7-8,12H,6,15H2,1-5H3,(H,16,21)(H,17,20)(H,18,19);1-4H,(H,8,9,10)/t7-,8+;/m1./s1. The molecule has 10 nitrogen and oxygen atoms in total. The predicted octanol–water partition coefficient (Wildman–Crippen LogP) is 1.67. The molecule has 1 aromatic rings. The average molecular weight is 524 g/mol. The van der Waals surface area contributed by atoms with Crippen LogP contribution >= 0.6 is 23.4 Å². The van der Waals surface area contributed by atoms with Crippen LogP contribution in [0.1, 0.15) is 41.0 Å². The van der Waals surface area contributed by atoms with Gasteiger partial charge >= 0.3 is 5.97 Å². The molecule has 0 spiro atoms. The van der Waals surface area contributed by atoms with Gasteiger partial charge in [-0.25, -0.2) is 0 Å². The number of nitrogens with two attached hydrogens (primary N) is 1. The molecule has 2 amide bonds. The molecular weight excluding hydrogens is 494 g/mol. The minimum Gasteiger partial charge on any atom is -0.481 e. The number of carboxylic acid groups (broad SMARTS) is 1. The Morgan fingerprint density at radius 3 is 2.00 bits per heavy atom. The molecule has 186 valence electrons. The van der Waals surface area contributed by atoms with E-state index in [0.29, 0.717) is 5.02 Å². The Labute approximate surface area is 202 Å². The van der Waals surface area contributed by atoms with Crippen molar-refractivity contribution in [2.24, 2.45) is 5.73 Å². The van der Waals surface area contributed by atoms with E-state index in [0.717, 1.165) is 0 Å². The molecule has 2 atom stereocenters. The summed E-state index contributed by atoms with van der Waals surface area (Å²) in [5.74, 6) is -2.11. The van der Waals surface area contributed by atoms with E-state index in [1.54, 1.807) is 18.7 Å². The average Bonchev–Trinajstić information content (AvgIpc) is 2.64. The number of halogens is 1. The van der Waals surface area contributed by atoms with E-state index in [1.807, 2.05) is 0 Å². The lowest BCUT2D eigenvalue weighted by molar-refractivity contribution is -0.139. The zero-order valence-electron chi connectivity index (χ0n) is 19.0. The largest absolute Gasteiger partial charge is 0.481 e. The van der Waals surface area contributed by atoms with Crippen molar-refractivity contribution in [2.75, 3.05) is 0 Å². The number of hydrogen-bond acceptors (Lipinski definition) is 7. The van der Waals surface area contributed by atoms with Gasteiger partial charge in [0, 0.05) is 14.5 Å². The minimum absolute atomic E-state index is 0.00968. The van der Waals surface area contributed by atoms with Crippen LogP contribution in [0.4, 0.5) is 0 Å². The third kappa shape index (κ3) is 8.78. The van der Waals surface area contributed by atoms with Crippen LogP contribution in [-0.2, 0) is 24.5 Å². The topological polar surface area (TPSA) is 176 Å². The van der Waals surface area contributed by atoms with Gasteiger partial charge in [0.15, 0.2) is 0 Å². The van der Waals surface area contributed by atoms with Crippen molar-refractivity contribution in [1.29, 1.82) is 0 Å². The highest BCUT2D eigenvalue weighted by Crippen LogP contribution is 2.54. The number of amides is 2. The van der Waals surface area contributed by atoms with Gasteiger partial charge in [0.1, 0.15) is 6.04 Å². The summed E-state index contributed by atoms with van der Waals surface area (Å²) in [4.78, 5) is 34.3. The van der Waals surface area contributed by atoms with Crippen LogP contribution in [0.2, 0.25) is 5.02 Å². The van der Waals surface area contributed by atoms with Crippen molar-refractivity contribution in [3.63, 3.8) is 0 Å². The molecule has 0 radical (unpaired) electrons. The number of rotatable bonds is 7. The quantitative estimate of drug-likeness (QED) is 0.332. The lowest BCUT2D eigenvalue weighted by Crippen LogP contribution is -2.68. The van der Waals surface area contributed by atoms with Gasteiger partial charge < -0.3 is 21.5 Å². The molecule has 33 heavy (non-hydrogen) atoms. The van der Waals surface area contributed by atoms with Crippen LogP contribution in [0, 0.1) is 0 Å². The molecule has 0 bridgehead atoms. The van der Waals surface area contributed by atoms with Crippen LogP contribution in [0.25, 0.3) is 0 Å². The van der Waals surface area contributed by atoms with Crippen LogP contribution in [0.15, 0.2) is 29.2 Å². The predicted molar refractivity (Wildman–Crippen MR) is 127 cm³/mol. The molecule has 0 unspecified atom stereocenters. The molecule has 0 aliphatic carbocycles. The second kappa shape index (κ2) is 11.0. The Hall–Kier alpha value is -1.86. The number of hydrogen-bond donors (Lipinski definition) is 5. The SMILES string of the molecule is C[C@@H](NC(=O)[C@@H](N)CC(=O)O)C(=O)NC1C(C)(C)SC1(C)C.O=S(=O)(O)c1ccc(Cl)cc1. The number of carboxylic acids is 1. The maximum Gasteiger partial charge on any atom is 0.305 e. The summed E-state index contributed by atoms with van der Waals surface area (Å²) in [5, 5.41) is 14.4. The Bertz CT molecular complexity index is 968. The van der Waals surface area contributed by atoms with Crippen LogP contribution in [-0.4, -0.2) is 63.5 Å². The first kappa shape index (κ1) is 29.2. The maximum atomic E-state index is 12.2. The Balaban J connectivity index is 0.000000412. The van der Waals surface area contributed by atoms with Gasteiger partial charge in [-0.3, -0.25) is 18.9 Å². The van der Waals surface area contributed by atoms with Gasteiger partial charge in [-0.15, -0.1) is 11.8 Å². The van der Waals surface area contributed by atoms with Gasteiger partial charge in [0.05, 0.1) is 23.4 Å². The molecule has 1 aromatic carbocycles. The van der Waals surface area contributed by atoms with E-state index >= 15 is 0 Å². The van der Waals surface area contributed by atoms with E-state index in [9.17, 15) is 22.8 Å². The third-order valence-corrected chi connectivity index (χ3v) is 7.44. The molecule has 13 heteroatoms. The van der Waals surface area contributed by atoms with Crippen molar-refractivity contribution in [3.8, 4) is 0 Å². The number of aliphatic carboxylic acids is 1. The fraction of sp³-hybridized carbons (Fsp3) is 0.550. The smallest absolute Gasteiger partial charge is 0.305 e. The molecular formula is C20H30ClN3O7S2. The molecule has 1 heterocycles. The lowest BCUT2D eigenvalue weighted by Gasteiger charge is -2.57. The molecule has 2 rings (SSSR count). The van der Waals surface area contributed by atoms with Gasteiger partial charge in [-0.1, -0.05) is 11.6 Å². The Morgan fingerprint density at radius 1 is 1.12 bits per heavy atom. The fourth-order valence-electron chi connectivity index (χ4n) is 3.46. The van der Waals surface area contributed by atoms with Crippen LogP contribution in [0.3, 0.4) is 0 Å². The first-order valence-electron chi connectivity index (χ1n) is 9.88. The van der Waals surface area contributed by atoms with Crippen molar-refractivity contribution in [2.45, 2.75) is 73.6 Å². The van der Waals surface area contributed by atoms with Gasteiger partial charge in [0.25, 0.3) is 10.1 Å². The van der Waals surface area contributed by atoms with Crippen molar-refractivity contribution >= 4 is 51.3 Å². The molecule has 0 aromatic heterocycles. The highest BCUT2D eigenvalue weighted by atomic mass is 35.5. The van der Waals surface area contributed by atoms with Gasteiger partial charge in [-0.2, -0.15) is 8.42 Å². The molecule has 6 N–H and O–H groups in total. The van der Waals surface area contributed by atoms with Crippen molar-refractivity contribution in [1.82, 2.24) is 10.6 Å². The second-order valence-electron chi connectivity index (χ2n) is 8.61. The summed E-state index contributed by atoms with van der Waals surface area (Å²) in [7, 11) is -4.08. The molecule has 1 aliphatic heterocycles. The summed E-state index contributed by atoms with van der Waals surface area (Å²) >= 11 is 7.27. The maximum absolute atomic E-state index is 12.2. The number of nitrogens with one attached hydrogen (secondary N) is 2. The molecule has 1 fully saturated rings. The van der Waals surface area contributed by atoms with Gasteiger partial charge in [-0.05, 0) is 58.9 Å². The zero-order valence-corrected chi connectivity index (χ0v) is 21.3. The first-order valence-corrected chi connectivity index (χ1v) is 12.5. The van der Waals surface area contributed by atoms with E-state index in [-0.39, 0.29) is 26.3 Å². The zero-order chi connectivity index (χ0) is 25.8. The number of thioether (sulfide) groups is 1. The fourth-order valence-corrected chi connectivity index (χ4v) is 6.18.